The molecule has 0 heterocycles. The van der Waals surface area contributed by atoms with Crippen LogP contribution in [0.5, 0.6) is 0 Å². The molecule has 0 atom stereocenters. The normalized spacial score (nSPS) is 4.50. The first kappa shape index (κ1) is 15.8. The van der Waals surface area contributed by atoms with E-state index < -0.39 is 7.32 Å². The van der Waals surface area contributed by atoms with E-state index in [1.807, 2.05) is 0 Å². The Hall–Kier alpha value is 0.788. The van der Waals surface area contributed by atoms with E-state index in [0.717, 1.165) is 0 Å². The molecule has 0 amide bonds. The Morgan fingerprint density at radius 2 is 1.00 bits per heavy atom. The molecule has 6 heteroatoms. The van der Waals surface area contributed by atoms with Gasteiger partial charge in [-0.3, -0.25) is 0 Å². The van der Waals surface area contributed by atoms with Crippen LogP contribution >= 0.6 is 0 Å². The van der Waals surface area contributed by atoms with E-state index in [9.17, 15) is 0 Å². The largest absolute Gasteiger partial charge is 0.631 e. The molecule has 0 fully saturated rings. The second kappa shape index (κ2) is 9.25. The standard InChI is InChI=1S/BH3O3.H2O.Zr/c2-1(3)4;;/h2-4H;1H2;. The molecule has 0 aliphatic carbocycles. The fourth-order valence-electron chi connectivity index (χ4n) is 0. The molecule has 0 aromatic heterocycles. The summed E-state index contributed by atoms with van der Waals surface area (Å²) in [6.07, 6.45) is 0. The van der Waals surface area contributed by atoms with Crippen LogP contribution in [0.1, 0.15) is 0 Å². The molecule has 0 aromatic carbocycles. The maximum absolute atomic E-state index is 7.17. The van der Waals surface area contributed by atoms with Crippen LogP contribution in [0.15, 0.2) is 0 Å². The van der Waals surface area contributed by atoms with Crippen molar-refractivity contribution in [1.29, 1.82) is 0 Å². The second-order valence-corrected chi connectivity index (χ2v) is 0.346. The zero-order chi connectivity index (χ0) is 3.58. The quantitative estimate of drug-likeness (QED) is 0.342. The number of hydrogen-bond acceptors (Lipinski definition) is 3. The molecule has 0 spiro atoms. The van der Waals surface area contributed by atoms with Gasteiger partial charge in [-0.15, -0.1) is 0 Å². The van der Waals surface area contributed by atoms with Gasteiger partial charge < -0.3 is 20.5 Å². The Morgan fingerprint density at radius 1 is 1.00 bits per heavy atom. The maximum Gasteiger partial charge on any atom is 0.631 e. The van der Waals surface area contributed by atoms with Crippen molar-refractivity contribution in [3.63, 3.8) is 0 Å². The Bertz CT molecular complexity index is 12.3. The first-order chi connectivity index (χ1) is 1.73. The van der Waals surface area contributed by atoms with Crippen LogP contribution in [-0.2, 0) is 26.2 Å². The summed E-state index contributed by atoms with van der Waals surface area (Å²) in [6, 6.07) is 0. The molecule has 6 heavy (non-hydrogen) atoms. The molecular weight excluding hydrogens is 166 g/mol. The van der Waals surface area contributed by atoms with E-state index in [1.54, 1.807) is 0 Å². The summed E-state index contributed by atoms with van der Waals surface area (Å²) in [4.78, 5) is 0. The number of hydrogen-bond donors (Lipinski definition) is 3. The second-order valence-electron chi connectivity index (χ2n) is 0.346. The molecule has 0 saturated carbocycles. The Labute approximate surface area is 54.4 Å². The van der Waals surface area contributed by atoms with Gasteiger partial charge in [-0.1, -0.05) is 0 Å². The molecule has 0 aliphatic heterocycles. The molecule has 0 aliphatic rings. The van der Waals surface area contributed by atoms with Crippen LogP contribution in [-0.4, -0.2) is 27.9 Å². The van der Waals surface area contributed by atoms with Crippen molar-refractivity contribution in [2.45, 2.75) is 0 Å². The van der Waals surface area contributed by atoms with Crippen molar-refractivity contribution >= 4 is 7.32 Å². The van der Waals surface area contributed by atoms with E-state index in [2.05, 4.69) is 0 Å². The molecule has 5 N–H and O–H groups in total. The first-order valence-corrected chi connectivity index (χ1v) is 0.775. The Balaban J connectivity index is -0.0000000450. The van der Waals surface area contributed by atoms with Gasteiger partial charge in [0.15, 0.2) is 0 Å². The van der Waals surface area contributed by atoms with E-state index in [1.165, 1.54) is 0 Å². The van der Waals surface area contributed by atoms with Crippen molar-refractivity contribution in [1.82, 2.24) is 0 Å². The van der Waals surface area contributed by atoms with Crippen LogP contribution in [0.25, 0.3) is 0 Å². The molecule has 0 saturated heterocycles. The fraction of sp³-hybridized carbons (Fsp3) is 0. The molecule has 4 nitrogen and oxygen atoms in total. The van der Waals surface area contributed by atoms with Crippen LogP contribution in [0.2, 0.25) is 0 Å². The summed E-state index contributed by atoms with van der Waals surface area (Å²) in [5.74, 6) is 0. The van der Waals surface area contributed by atoms with Crippen LogP contribution < -0.4 is 0 Å². The molecule has 0 bridgehead atoms. The third-order valence-corrected chi connectivity index (χ3v) is 0. The predicted octanol–water partition coefficient (Wildman–Crippen LogP) is -2.88. The van der Waals surface area contributed by atoms with Crippen molar-refractivity contribution in [2.24, 2.45) is 0 Å². The first-order valence-electron chi connectivity index (χ1n) is 0.775. The summed E-state index contributed by atoms with van der Waals surface area (Å²) in [7, 11) is -2.17. The van der Waals surface area contributed by atoms with Gasteiger partial charge >= 0.3 is 7.32 Å². The smallest absolute Gasteiger partial charge is 0.412 e. The van der Waals surface area contributed by atoms with Gasteiger partial charge in [-0.2, -0.15) is 0 Å². The SMILES string of the molecule is O.OB(O)O.[Zr]. The van der Waals surface area contributed by atoms with Gasteiger partial charge in [0.1, 0.15) is 0 Å². The molecule has 0 aromatic rings. The van der Waals surface area contributed by atoms with E-state index in [-0.39, 0.29) is 31.7 Å². The van der Waals surface area contributed by atoms with Gasteiger partial charge in [-0.05, 0) is 0 Å². The van der Waals surface area contributed by atoms with Crippen molar-refractivity contribution in [3.8, 4) is 0 Å². The minimum absolute atomic E-state index is 0. The Kier molecular flexibility index (Phi) is 24.4. The van der Waals surface area contributed by atoms with Gasteiger partial charge in [0.05, 0.1) is 0 Å². The summed E-state index contributed by atoms with van der Waals surface area (Å²) >= 11 is 0. The van der Waals surface area contributed by atoms with Gasteiger partial charge in [-0.25, -0.2) is 0 Å². The van der Waals surface area contributed by atoms with Crippen molar-refractivity contribution in [3.05, 3.63) is 0 Å². The van der Waals surface area contributed by atoms with Crippen LogP contribution in [0.3, 0.4) is 0 Å². The molecule has 0 unspecified atom stereocenters. The third-order valence-electron chi connectivity index (χ3n) is 0. The summed E-state index contributed by atoms with van der Waals surface area (Å²) < 4.78 is 0. The monoisotopic (exact) mass is 170 g/mol. The minimum Gasteiger partial charge on any atom is -0.412 e. The topological polar surface area (TPSA) is 92.2 Å². The van der Waals surface area contributed by atoms with Gasteiger partial charge in [0, 0.05) is 26.2 Å². The van der Waals surface area contributed by atoms with Crippen LogP contribution in [0, 0.1) is 0 Å². The summed E-state index contributed by atoms with van der Waals surface area (Å²) in [5.41, 5.74) is 0. The van der Waals surface area contributed by atoms with Crippen LogP contribution in [0.4, 0.5) is 0 Å². The average Bonchev–Trinajstić information content (AvgIpc) is 0.811. The van der Waals surface area contributed by atoms with E-state index in [0.29, 0.717) is 0 Å². The fourth-order valence-corrected chi connectivity index (χ4v) is 0. The number of rotatable bonds is 0. The minimum atomic E-state index is -2.17. The van der Waals surface area contributed by atoms with Crippen molar-refractivity contribution in [2.75, 3.05) is 0 Å². The molecular formula is H5BO4Zr. The maximum atomic E-state index is 7.17. The van der Waals surface area contributed by atoms with Gasteiger partial charge in [0.25, 0.3) is 0 Å². The van der Waals surface area contributed by atoms with E-state index in [4.69, 9.17) is 15.1 Å². The predicted molar refractivity (Wildman–Crippen MR) is 16.0 cm³/mol. The van der Waals surface area contributed by atoms with E-state index >= 15 is 0 Å². The molecule has 0 rings (SSSR count). The average molecular weight is 171 g/mol. The van der Waals surface area contributed by atoms with Crippen molar-refractivity contribution < 1.29 is 46.8 Å². The van der Waals surface area contributed by atoms with Gasteiger partial charge in [0.2, 0.25) is 0 Å². The zero-order valence-corrected chi connectivity index (χ0v) is 5.38. The summed E-state index contributed by atoms with van der Waals surface area (Å²) in [6.45, 7) is 0. The molecule has 0 radical (unpaired) electrons. The molecule has 36 valence electrons. The third kappa shape index (κ3) is 111. The zero-order valence-electron chi connectivity index (χ0n) is 2.92. The Morgan fingerprint density at radius 3 is 1.00 bits per heavy atom. The summed E-state index contributed by atoms with van der Waals surface area (Å²) in [5, 5.41) is 21.5.